The third-order valence-corrected chi connectivity index (χ3v) is 8.56. The summed E-state index contributed by atoms with van der Waals surface area (Å²) in [5, 5.41) is 3.39. The van der Waals surface area contributed by atoms with Crippen molar-refractivity contribution in [3.05, 3.63) is 34.3 Å². The van der Waals surface area contributed by atoms with Gasteiger partial charge in [-0.2, -0.15) is 4.31 Å². The zero-order chi connectivity index (χ0) is 21.8. The Bertz CT molecular complexity index is 1020. The Morgan fingerprint density at radius 3 is 2.65 bits per heavy atom. The molecule has 10 heteroatoms. The van der Waals surface area contributed by atoms with Gasteiger partial charge in [-0.1, -0.05) is 12.8 Å². The van der Waals surface area contributed by atoms with Crippen molar-refractivity contribution in [2.75, 3.05) is 38.7 Å². The topological polar surface area (TPSA) is 97.8 Å². The number of sulfonamides is 1. The zero-order valence-electron chi connectivity index (χ0n) is 17.6. The fourth-order valence-corrected chi connectivity index (χ4v) is 6.36. The summed E-state index contributed by atoms with van der Waals surface area (Å²) in [6.45, 7) is 1.30. The van der Waals surface area contributed by atoms with Gasteiger partial charge in [-0.15, -0.1) is 11.3 Å². The molecular formula is C21H27N3O5S2. The van der Waals surface area contributed by atoms with Crippen LogP contribution in [0, 0.1) is 0 Å². The largest absolute Gasteiger partial charge is 0.496 e. The van der Waals surface area contributed by atoms with Crippen molar-refractivity contribution in [2.45, 2.75) is 43.4 Å². The van der Waals surface area contributed by atoms with Gasteiger partial charge >= 0.3 is 0 Å². The van der Waals surface area contributed by atoms with Gasteiger partial charge in [-0.25, -0.2) is 13.4 Å². The number of benzene rings is 1. The van der Waals surface area contributed by atoms with E-state index in [2.05, 4.69) is 10.3 Å². The molecule has 0 saturated carbocycles. The van der Waals surface area contributed by atoms with E-state index in [1.807, 2.05) is 0 Å². The number of aromatic nitrogens is 1. The quantitative estimate of drug-likeness (QED) is 0.729. The van der Waals surface area contributed by atoms with Gasteiger partial charge in [0.1, 0.15) is 5.75 Å². The molecule has 31 heavy (non-hydrogen) atoms. The molecule has 1 saturated heterocycles. The highest BCUT2D eigenvalue weighted by Gasteiger charge is 2.28. The first kappa shape index (κ1) is 22.2. The monoisotopic (exact) mass is 465 g/mol. The second kappa shape index (κ2) is 9.64. The summed E-state index contributed by atoms with van der Waals surface area (Å²) < 4.78 is 38.0. The summed E-state index contributed by atoms with van der Waals surface area (Å²) >= 11 is 1.50. The smallest absolute Gasteiger partial charge is 0.261 e. The number of fused-ring (bicyclic) bond motifs is 1. The molecule has 1 N–H and O–H groups in total. The maximum Gasteiger partial charge on any atom is 0.261 e. The Balaban J connectivity index is 1.59. The molecule has 168 valence electrons. The van der Waals surface area contributed by atoms with Crippen LogP contribution in [0.15, 0.2) is 23.1 Å². The molecule has 1 aromatic carbocycles. The van der Waals surface area contributed by atoms with Crippen molar-refractivity contribution in [1.82, 2.24) is 9.29 Å². The summed E-state index contributed by atoms with van der Waals surface area (Å²) in [4.78, 5) is 19.0. The van der Waals surface area contributed by atoms with Crippen molar-refractivity contribution < 1.29 is 22.7 Å². The summed E-state index contributed by atoms with van der Waals surface area (Å²) in [7, 11) is -2.27. The van der Waals surface area contributed by atoms with Gasteiger partial charge < -0.3 is 9.47 Å². The molecule has 0 bridgehead atoms. The van der Waals surface area contributed by atoms with E-state index in [1.165, 1.54) is 58.7 Å². The summed E-state index contributed by atoms with van der Waals surface area (Å²) in [6.07, 6.45) is 6.59. The van der Waals surface area contributed by atoms with E-state index in [9.17, 15) is 13.2 Å². The molecule has 1 fully saturated rings. The van der Waals surface area contributed by atoms with Crippen LogP contribution in [-0.2, 0) is 27.6 Å². The van der Waals surface area contributed by atoms with Crippen molar-refractivity contribution >= 4 is 32.4 Å². The molecule has 0 radical (unpaired) electrons. The van der Waals surface area contributed by atoms with E-state index >= 15 is 0 Å². The van der Waals surface area contributed by atoms with E-state index in [0.29, 0.717) is 37.2 Å². The molecular weight excluding hydrogens is 438 g/mol. The maximum atomic E-state index is 13.0. The number of nitrogens with zero attached hydrogens (tertiary/aromatic N) is 2. The second-order valence-electron chi connectivity index (χ2n) is 7.64. The Kier molecular flexibility index (Phi) is 6.90. The van der Waals surface area contributed by atoms with Gasteiger partial charge in [0.05, 0.1) is 36.5 Å². The van der Waals surface area contributed by atoms with E-state index in [0.717, 1.165) is 31.4 Å². The molecule has 1 aromatic heterocycles. The third-order valence-electron chi connectivity index (χ3n) is 5.59. The predicted molar refractivity (Wildman–Crippen MR) is 119 cm³/mol. The van der Waals surface area contributed by atoms with Crippen LogP contribution in [-0.4, -0.2) is 57.0 Å². The normalized spacial score (nSPS) is 18.0. The van der Waals surface area contributed by atoms with Crippen LogP contribution < -0.4 is 10.1 Å². The number of nitrogens with one attached hydrogen (secondary N) is 1. The van der Waals surface area contributed by atoms with Crippen LogP contribution in [0.4, 0.5) is 5.13 Å². The zero-order valence-corrected chi connectivity index (χ0v) is 19.2. The Morgan fingerprint density at radius 1 is 1.16 bits per heavy atom. The number of carbonyl (C=O) groups is 1. The SMILES string of the molecule is COc1ccc(S(=O)(=O)N2CCOCC2)cc1C(=O)Nc1nc2c(s1)CCCCCC2. The molecule has 1 aliphatic carbocycles. The minimum absolute atomic E-state index is 0.0618. The number of morpholine rings is 1. The Morgan fingerprint density at radius 2 is 1.90 bits per heavy atom. The summed E-state index contributed by atoms with van der Waals surface area (Å²) in [6, 6.07) is 4.36. The molecule has 0 atom stereocenters. The predicted octanol–water partition coefficient (Wildman–Crippen LogP) is 3.08. The summed E-state index contributed by atoms with van der Waals surface area (Å²) in [5.74, 6) is -0.119. The highest BCUT2D eigenvalue weighted by Crippen LogP contribution is 2.30. The average Bonchev–Trinajstić information content (AvgIpc) is 3.14. The average molecular weight is 466 g/mol. The van der Waals surface area contributed by atoms with E-state index in [1.54, 1.807) is 0 Å². The Hall–Kier alpha value is -2.01. The number of ether oxygens (including phenoxy) is 2. The van der Waals surface area contributed by atoms with Crippen molar-refractivity contribution in [3.63, 3.8) is 0 Å². The number of thiazole rings is 1. The molecule has 2 heterocycles. The second-order valence-corrected chi connectivity index (χ2v) is 10.7. The van der Waals surface area contributed by atoms with E-state index in [4.69, 9.17) is 9.47 Å². The minimum Gasteiger partial charge on any atom is -0.496 e. The number of aryl methyl sites for hydroxylation is 2. The molecule has 2 aliphatic rings. The number of carbonyl (C=O) groups excluding carboxylic acids is 1. The standard InChI is InChI=1S/C21H27N3O5S2/c1-28-18-9-8-15(31(26,27)24-10-12-29-13-11-24)14-16(18)20(25)23-21-22-17-6-4-2-3-5-7-19(17)30-21/h8-9,14H,2-7,10-13H2,1H3,(H,22,23,25). The molecule has 0 spiro atoms. The number of anilines is 1. The van der Waals surface area contributed by atoms with Crippen LogP contribution in [0.1, 0.15) is 46.6 Å². The molecule has 4 rings (SSSR count). The first-order valence-corrected chi connectivity index (χ1v) is 12.8. The highest BCUT2D eigenvalue weighted by molar-refractivity contribution is 7.89. The maximum absolute atomic E-state index is 13.0. The van der Waals surface area contributed by atoms with Crippen LogP contribution in [0.2, 0.25) is 0 Å². The van der Waals surface area contributed by atoms with Crippen LogP contribution in [0.3, 0.4) is 0 Å². The Labute approximate surface area is 186 Å². The van der Waals surface area contributed by atoms with Crippen LogP contribution >= 0.6 is 11.3 Å². The van der Waals surface area contributed by atoms with E-state index in [-0.39, 0.29) is 10.5 Å². The number of methoxy groups -OCH3 is 1. The van der Waals surface area contributed by atoms with Gasteiger partial charge in [0.15, 0.2) is 5.13 Å². The first-order valence-electron chi connectivity index (χ1n) is 10.5. The number of hydrogen-bond acceptors (Lipinski definition) is 7. The molecule has 0 unspecified atom stereocenters. The van der Waals surface area contributed by atoms with Gasteiger partial charge in [-0.3, -0.25) is 10.1 Å². The lowest BCUT2D eigenvalue weighted by Crippen LogP contribution is -2.40. The fourth-order valence-electron chi connectivity index (χ4n) is 3.88. The lowest BCUT2D eigenvalue weighted by Gasteiger charge is -2.26. The van der Waals surface area contributed by atoms with E-state index < -0.39 is 15.9 Å². The fraction of sp³-hybridized carbons (Fsp3) is 0.524. The van der Waals surface area contributed by atoms with Crippen molar-refractivity contribution in [3.8, 4) is 5.75 Å². The van der Waals surface area contributed by atoms with Gasteiger partial charge in [0, 0.05) is 18.0 Å². The molecule has 8 nitrogen and oxygen atoms in total. The van der Waals surface area contributed by atoms with Crippen LogP contribution in [0.5, 0.6) is 5.75 Å². The lowest BCUT2D eigenvalue weighted by molar-refractivity contribution is 0.0730. The van der Waals surface area contributed by atoms with Gasteiger partial charge in [0.2, 0.25) is 10.0 Å². The van der Waals surface area contributed by atoms with Crippen molar-refractivity contribution in [2.24, 2.45) is 0 Å². The highest BCUT2D eigenvalue weighted by atomic mass is 32.2. The summed E-state index contributed by atoms with van der Waals surface area (Å²) in [5.41, 5.74) is 1.23. The molecule has 1 amide bonds. The minimum atomic E-state index is -3.72. The third kappa shape index (κ3) is 4.92. The number of amides is 1. The first-order chi connectivity index (χ1) is 15.0. The number of hydrogen-bond donors (Lipinski definition) is 1. The van der Waals surface area contributed by atoms with Gasteiger partial charge in [-0.05, 0) is 43.9 Å². The molecule has 2 aromatic rings. The molecule has 1 aliphatic heterocycles. The van der Waals surface area contributed by atoms with Crippen LogP contribution in [0.25, 0.3) is 0 Å². The van der Waals surface area contributed by atoms with Crippen molar-refractivity contribution in [1.29, 1.82) is 0 Å². The van der Waals surface area contributed by atoms with Gasteiger partial charge in [0.25, 0.3) is 5.91 Å². The lowest BCUT2D eigenvalue weighted by atomic mass is 10.0. The number of rotatable bonds is 5.